The molecule has 0 saturated heterocycles. The van der Waals surface area contributed by atoms with Gasteiger partial charge in [0.15, 0.2) is 11.0 Å². The van der Waals surface area contributed by atoms with Crippen LogP contribution in [0.1, 0.15) is 22.8 Å². The van der Waals surface area contributed by atoms with Crippen LogP contribution in [-0.4, -0.2) is 19.7 Å². The van der Waals surface area contributed by atoms with Crippen molar-refractivity contribution in [3.63, 3.8) is 0 Å². The van der Waals surface area contributed by atoms with E-state index in [9.17, 15) is 0 Å². The van der Waals surface area contributed by atoms with E-state index in [4.69, 9.17) is 11.6 Å². The van der Waals surface area contributed by atoms with Crippen molar-refractivity contribution in [1.82, 2.24) is 19.7 Å². The number of aromatic nitrogens is 4. The maximum Gasteiger partial charge on any atom is 0.191 e. The largest absolute Gasteiger partial charge is 0.236 e. The Kier molecular flexibility index (Phi) is 3.23. The van der Waals surface area contributed by atoms with Gasteiger partial charge in [-0.3, -0.25) is 0 Å². The Morgan fingerprint density at radius 3 is 2.12 bits per heavy atom. The predicted octanol–water partition coefficient (Wildman–Crippen LogP) is 3.31. The van der Waals surface area contributed by atoms with E-state index >= 15 is 0 Å². The van der Waals surface area contributed by atoms with Crippen molar-refractivity contribution in [3.8, 4) is 5.82 Å². The minimum absolute atomic E-state index is 0.367. The van der Waals surface area contributed by atoms with Gasteiger partial charge >= 0.3 is 0 Å². The number of halogens is 2. The molecule has 0 aliphatic rings. The van der Waals surface area contributed by atoms with E-state index in [1.165, 1.54) is 0 Å². The summed E-state index contributed by atoms with van der Waals surface area (Å²) < 4.78 is 2.68. The first kappa shape index (κ1) is 12.5. The zero-order chi connectivity index (χ0) is 12.7. The average molecular weight is 316 g/mol. The summed E-state index contributed by atoms with van der Waals surface area (Å²) in [5, 5.41) is 4.76. The highest BCUT2D eigenvalue weighted by atomic mass is 79.9. The first-order valence-electron chi connectivity index (χ1n) is 5.14. The molecular formula is C11H12BrClN4. The molecule has 4 nitrogen and oxygen atoms in total. The molecule has 0 aliphatic heterocycles. The van der Waals surface area contributed by atoms with Gasteiger partial charge in [0.1, 0.15) is 0 Å². The van der Waals surface area contributed by atoms with Crippen molar-refractivity contribution < 1.29 is 0 Å². The molecule has 0 aliphatic carbocycles. The molecule has 0 amide bonds. The molecule has 0 saturated carbocycles. The van der Waals surface area contributed by atoms with Crippen LogP contribution in [0.4, 0.5) is 0 Å². The number of hydrogen-bond donors (Lipinski definition) is 0. The minimum Gasteiger partial charge on any atom is -0.236 e. The summed E-state index contributed by atoms with van der Waals surface area (Å²) in [5.41, 5.74) is 3.55. The van der Waals surface area contributed by atoms with Gasteiger partial charge < -0.3 is 0 Å². The third-order valence-corrected chi connectivity index (χ3v) is 4.05. The lowest BCUT2D eigenvalue weighted by Gasteiger charge is -2.07. The molecule has 0 spiro atoms. The predicted molar refractivity (Wildman–Crippen MR) is 70.8 cm³/mol. The Bertz CT molecular complexity index is 592. The third-order valence-electron chi connectivity index (χ3n) is 2.65. The highest BCUT2D eigenvalue weighted by molar-refractivity contribution is 9.10. The van der Waals surface area contributed by atoms with E-state index in [-0.39, 0.29) is 0 Å². The molecule has 0 atom stereocenters. The van der Waals surface area contributed by atoms with E-state index in [1.54, 1.807) is 4.68 Å². The molecule has 0 fully saturated rings. The van der Waals surface area contributed by atoms with Crippen LogP contribution in [0.2, 0.25) is 5.15 Å². The zero-order valence-corrected chi connectivity index (χ0v) is 12.4. The summed E-state index contributed by atoms with van der Waals surface area (Å²) in [4.78, 5) is 8.70. The van der Waals surface area contributed by atoms with Crippen molar-refractivity contribution in [3.05, 3.63) is 32.4 Å². The highest BCUT2D eigenvalue weighted by Gasteiger charge is 2.15. The fourth-order valence-corrected chi connectivity index (χ4v) is 2.03. The lowest BCUT2D eigenvalue weighted by atomic mass is 10.3. The van der Waals surface area contributed by atoms with Crippen LogP contribution in [0.25, 0.3) is 5.82 Å². The van der Waals surface area contributed by atoms with Gasteiger partial charge in [0.2, 0.25) is 0 Å². The fourth-order valence-electron chi connectivity index (χ4n) is 1.53. The van der Waals surface area contributed by atoms with Gasteiger partial charge in [-0.25, -0.2) is 14.6 Å². The van der Waals surface area contributed by atoms with Crippen LogP contribution >= 0.6 is 27.5 Å². The van der Waals surface area contributed by atoms with Crippen LogP contribution in [-0.2, 0) is 0 Å². The molecule has 0 unspecified atom stereocenters. The first-order valence-corrected chi connectivity index (χ1v) is 6.31. The number of aryl methyl sites for hydroxylation is 3. The van der Waals surface area contributed by atoms with Crippen molar-refractivity contribution in [1.29, 1.82) is 0 Å². The van der Waals surface area contributed by atoms with Crippen LogP contribution in [0, 0.1) is 27.7 Å². The van der Waals surface area contributed by atoms with Crippen LogP contribution < -0.4 is 0 Å². The van der Waals surface area contributed by atoms with Crippen molar-refractivity contribution >= 4 is 27.5 Å². The fraction of sp³-hybridized carbons (Fsp3) is 0.364. The van der Waals surface area contributed by atoms with Crippen LogP contribution in [0.3, 0.4) is 0 Å². The Balaban J connectivity index is 2.68. The monoisotopic (exact) mass is 314 g/mol. The van der Waals surface area contributed by atoms with E-state index in [0.717, 1.165) is 27.2 Å². The van der Waals surface area contributed by atoms with Crippen LogP contribution in [0.15, 0.2) is 4.47 Å². The van der Waals surface area contributed by atoms with Gasteiger partial charge in [-0.15, -0.1) is 0 Å². The first-order chi connectivity index (χ1) is 7.91. The summed E-state index contributed by atoms with van der Waals surface area (Å²) >= 11 is 9.60. The van der Waals surface area contributed by atoms with Crippen LogP contribution in [0.5, 0.6) is 0 Å². The summed E-state index contributed by atoms with van der Waals surface area (Å²) in [7, 11) is 0. The molecule has 0 bridgehead atoms. The summed E-state index contributed by atoms with van der Waals surface area (Å²) in [6.45, 7) is 7.67. The molecule has 6 heteroatoms. The van der Waals surface area contributed by atoms with Gasteiger partial charge in [-0.05, 0) is 43.6 Å². The zero-order valence-electron chi connectivity index (χ0n) is 10.0. The number of nitrogens with zero attached hydrogens (tertiary/aromatic N) is 4. The van der Waals surface area contributed by atoms with Gasteiger partial charge in [0.25, 0.3) is 0 Å². The second-order valence-corrected chi connectivity index (χ2v) is 5.06. The topological polar surface area (TPSA) is 43.6 Å². The maximum absolute atomic E-state index is 6.12. The van der Waals surface area contributed by atoms with Crippen molar-refractivity contribution in [2.75, 3.05) is 0 Å². The number of hydrogen-bond acceptors (Lipinski definition) is 3. The van der Waals surface area contributed by atoms with Gasteiger partial charge in [0.05, 0.1) is 27.2 Å². The Morgan fingerprint density at radius 2 is 1.59 bits per heavy atom. The Morgan fingerprint density at radius 1 is 1.00 bits per heavy atom. The average Bonchev–Trinajstić information content (AvgIpc) is 2.51. The van der Waals surface area contributed by atoms with Crippen molar-refractivity contribution in [2.45, 2.75) is 27.7 Å². The summed E-state index contributed by atoms with van der Waals surface area (Å²) in [5.74, 6) is 0.570. The summed E-state index contributed by atoms with van der Waals surface area (Å²) in [6, 6.07) is 0. The normalized spacial score (nSPS) is 10.9. The molecule has 2 heterocycles. The van der Waals surface area contributed by atoms with Crippen molar-refractivity contribution in [2.24, 2.45) is 0 Å². The smallest absolute Gasteiger partial charge is 0.191 e. The van der Waals surface area contributed by atoms with E-state index in [2.05, 4.69) is 31.0 Å². The van der Waals surface area contributed by atoms with E-state index in [1.807, 2.05) is 27.7 Å². The third kappa shape index (κ3) is 2.09. The molecule has 0 aromatic carbocycles. The molecular weight excluding hydrogens is 304 g/mol. The quantitative estimate of drug-likeness (QED) is 0.811. The van der Waals surface area contributed by atoms with E-state index < -0.39 is 0 Å². The second kappa shape index (κ2) is 4.38. The summed E-state index contributed by atoms with van der Waals surface area (Å²) in [6.07, 6.45) is 0. The minimum atomic E-state index is 0.367. The lowest BCUT2D eigenvalue weighted by molar-refractivity contribution is 0.789. The van der Waals surface area contributed by atoms with Gasteiger partial charge in [-0.2, -0.15) is 5.10 Å². The number of rotatable bonds is 1. The molecule has 2 rings (SSSR count). The van der Waals surface area contributed by atoms with E-state index in [0.29, 0.717) is 11.0 Å². The molecule has 2 aromatic rings. The Hall–Kier alpha value is -0.940. The molecule has 0 N–H and O–H groups in total. The molecule has 0 radical (unpaired) electrons. The standard InChI is InChI=1S/C11H12BrClN4/c1-5-6(2)15-11(10(13)14-5)17-8(4)9(12)7(3)16-17/h1-4H3. The lowest BCUT2D eigenvalue weighted by Crippen LogP contribution is -2.07. The highest BCUT2D eigenvalue weighted by Crippen LogP contribution is 2.25. The SMILES string of the molecule is Cc1nc(Cl)c(-n2nc(C)c(Br)c2C)nc1C. The molecule has 2 aromatic heterocycles. The Labute approximate surface area is 113 Å². The second-order valence-electron chi connectivity index (χ2n) is 3.91. The molecule has 17 heavy (non-hydrogen) atoms. The van der Waals surface area contributed by atoms with Gasteiger partial charge in [0, 0.05) is 0 Å². The molecule has 90 valence electrons. The maximum atomic E-state index is 6.12. The van der Waals surface area contributed by atoms with Gasteiger partial charge in [-0.1, -0.05) is 11.6 Å².